The molecule has 0 saturated carbocycles. The largest absolute Gasteiger partial charge is 0.461 e. The zero-order chi connectivity index (χ0) is 25.7. The Morgan fingerprint density at radius 3 is 1.26 bits per heavy atom. The van der Waals surface area contributed by atoms with Gasteiger partial charge in [-0.15, -0.1) is 0 Å². The van der Waals surface area contributed by atoms with Crippen molar-refractivity contribution in [1.29, 1.82) is 0 Å². The molecule has 0 radical (unpaired) electrons. The number of hydrogen-bond donors (Lipinski definition) is 0. The maximum Gasteiger partial charge on any atom is 0.306 e. The molecule has 0 aromatic carbocycles. The van der Waals surface area contributed by atoms with E-state index >= 15 is 0 Å². The van der Waals surface area contributed by atoms with Crippen molar-refractivity contribution in [2.45, 2.75) is 181 Å². The van der Waals surface area contributed by atoms with Gasteiger partial charge in [0.05, 0.1) is 0 Å². The molecule has 0 amide bonds. The van der Waals surface area contributed by atoms with E-state index in [0.29, 0.717) is 18.9 Å². The predicted octanol–water partition coefficient (Wildman–Crippen LogP) is 11.5. The molecule has 1 atom stereocenters. The van der Waals surface area contributed by atoms with Crippen molar-refractivity contribution >= 4 is 5.97 Å². The Bertz CT molecular complexity index is 442. The lowest BCUT2D eigenvalue weighted by molar-refractivity contribution is -0.143. The van der Waals surface area contributed by atoms with Gasteiger partial charge >= 0.3 is 5.97 Å². The predicted molar refractivity (Wildman–Crippen MR) is 156 cm³/mol. The minimum atomic E-state index is -0.000819. The van der Waals surface area contributed by atoms with Gasteiger partial charge < -0.3 is 4.74 Å². The second-order valence-electron chi connectivity index (χ2n) is 11.0. The molecular weight excluding hydrogens is 428 g/mol. The zero-order valence-corrected chi connectivity index (χ0v) is 24.4. The Kier molecular flexibility index (Phi) is 28.8. The standard InChI is InChI=1S/C33H64O2/c1-4-7-10-12-14-16-18-19-21-23-25-27-29-32(31-33(34)35-30-9-6-3)28-26-24-22-20-17-15-13-11-8-5-2/h6,9,32H,4-5,7-8,10-31H2,1-3H3. The van der Waals surface area contributed by atoms with E-state index in [2.05, 4.69) is 13.8 Å². The summed E-state index contributed by atoms with van der Waals surface area (Å²) in [6.07, 6.45) is 37.3. The van der Waals surface area contributed by atoms with Crippen LogP contribution in [0.2, 0.25) is 0 Å². The van der Waals surface area contributed by atoms with E-state index in [-0.39, 0.29) is 5.97 Å². The van der Waals surface area contributed by atoms with Gasteiger partial charge in [0.1, 0.15) is 6.61 Å². The third-order valence-electron chi connectivity index (χ3n) is 7.46. The van der Waals surface area contributed by atoms with Crippen molar-refractivity contribution < 1.29 is 9.53 Å². The molecule has 0 heterocycles. The second-order valence-corrected chi connectivity index (χ2v) is 11.0. The van der Waals surface area contributed by atoms with Crippen LogP contribution in [0.5, 0.6) is 0 Å². The number of allylic oxidation sites excluding steroid dienone is 1. The van der Waals surface area contributed by atoms with Gasteiger partial charge in [0.2, 0.25) is 0 Å². The van der Waals surface area contributed by atoms with E-state index in [4.69, 9.17) is 4.74 Å². The summed E-state index contributed by atoms with van der Waals surface area (Å²) in [7, 11) is 0. The molecule has 0 aliphatic heterocycles. The Labute approximate surface area is 221 Å². The Hall–Kier alpha value is -0.790. The van der Waals surface area contributed by atoms with Crippen molar-refractivity contribution in [2.75, 3.05) is 6.61 Å². The van der Waals surface area contributed by atoms with Crippen molar-refractivity contribution in [3.8, 4) is 0 Å². The maximum absolute atomic E-state index is 12.3. The molecule has 35 heavy (non-hydrogen) atoms. The van der Waals surface area contributed by atoms with Gasteiger partial charge in [0.25, 0.3) is 0 Å². The van der Waals surface area contributed by atoms with Gasteiger partial charge in [-0.3, -0.25) is 4.79 Å². The van der Waals surface area contributed by atoms with Crippen molar-refractivity contribution in [3.05, 3.63) is 12.2 Å². The summed E-state index contributed by atoms with van der Waals surface area (Å²) >= 11 is 0. The van der Waals surface area contributed by atoms with E-state index in [1.165, 1.54) is 154 Å². The summed E-state index contributed by atoms with van der Waals surface area (Å²) in [6.45, 7) is 6.97. The van der Waals surface area contributed by atoms with Gasteiger partial charge in [-0.25, -0.2) is 0 Å². The van der Waals surface area contributed by atoms with Crippen LogP contribution in [0.1, 0.15) is 181 Å². The van der Waals surface area contributed by atoms with Gasteiger partial charge in [-0.05, 0) is 25.7 Å². The fourth-order valence-corrected chi connectivity index (χ4v) is 5.07. The average molecular weight is 493 g/mol. The van der Waals surface area contributed by atoms with Crippen molar-refractivity contribution in [3.63, 3.8) is 0 Å². The van der Waals surface area contributed by atoms with Crippen LogP contribution in [0, 0.1) is 5.92 Å². The van der Waals surface area contributed by atoms with Crippen LogP contribution < -0.4 is 0 Å². The highest BCUT2D eigenvalue weighted by Crippen LogP contribution is 2.23. The fourth-order valence-electron chi connectivity index (χ4n) is 5.07. The Morgan fingerprint density at radius 2 is 0.914 bits per heavy atom. The molecule has 0 saturated heterocycles. The number of esters is 1. The van der Waals surface area contributed by atoms with E-state index < -0.39 is 0 Å². The van der Waals surface area contributed by atoms with E-state index in [1.807, 2.05) is 19.1 Å². The number of hydrogen-bond acceptors (Lipinski definition) is 2. The van der Waals surface area contributed by atoms with E-state index in [1.54, 1.807) is 0 Å². The topological polar surface area (TPSA) is 26.3 Å². The summed E-state index contributed by atoms with van der Waals surface area (Å²) in [5.74, 6) is 0.518. The first-order chi connectivity index (χ1) is 17.2. The van der Waals surface area contributed by atoms with Gasteiger partial charge in [0.15, 0.2) is 0 Å². The quantitative estimate of drug-likeness (QED) is 0.0616. The van der Waals surface area contributed by atoms with Crippen molar-refractivity contribution in [1.82, 2.24) is 0 Å². The summed E-state index contributed by atoms with van der Waals surface area (Å²) in [5, 5.41) is 0. The molecule has 0 aromatic rings. The van der Waals surface area contributed by atoms with E-state index in [9.17, 15) is 4.79 Å². The normalized spacial score (nSPS) is 12.4. The highest BCUT2D eigenvalue weighted by atomic mass is 16.5. The minimum absolute atomic E-state index is 0.000819. The summed E-state index contributed by atoms with van der Waals surface area (Å²) in [6, 6.07) is 0. The lowest BCUT2D eigenvalue weighted by Crippen LogP contribution is -2.12. The molecule has 0 aromatic heterocycles. The van der Waals surface area contributed by atoms with Crippen molar-refractivity contribution in [2.24, 2.45) is 5.92 Å². The molecule has 0 spiro atoms. The van der Waals surface area contributed by atoms with Crippen LogP contribution >= 0.6 is 0 Å². The molecule has 0 fully saturated rings. The summed E-state index contributed by atoms with van der Waals surface area (Å²) in [5.41, 5.74) is 0. The molecule has 1 unspecified atom stereocenters. The molecule has 0 aliphatic rings. The highest BCUT2D eigenvalue weighted by Gasteiger charge is 2.14. The summed E-state index contributed by atoms with van der Waals surface area (Å²) < 4.78 is 5.40. The van der Waals surface area contributed by atoms with Crippen LogP contribution in [0.3, 0.4) is 0 Å². The third-order valence-corrected chi connectivity index (χ3v) is 7.46. The smallest absolute Gasteiger partial charge is 0.306 e. The monoisotopic (exact) mass is 492 g/mol. The number of carbonyl (C=O) groups excluding carboxylic acids is 1. The second kappa shape index (κ2) is 29.4. The molecule has 0 N–H and O–H groups in total. The van der Waals surface area contributed by atoms with Crippen LogP contribution in [0.4, 0.5) is 0 Å². The summed E-state index contributed by atoms with van der Waals surface area (Å²) in [4.78, 5) is 12.3. The van der Waals surface area contributed by atoms with Crippen LogP contribution in [0.15, 0.2) is 12.2 Å². The molecule has 0 rings (SSSR count). The average Bonchev–Trinajstić information content (AvgIpc) is 2.85. The first kappa shape index (κ1) is 34.2. The molecule has 0 aliphatic carbocycles. The number of ether oxygens (including phenoxy) is 1. The molecule has 2 heteroatoms. The lowest BCUT2D eigenvalue weighted by Gasteiger charge is -2.16. The van der Waals surface area contributed by atoms with Gasteiger partial charge in [-0.2, -0.15) is 0 Å². The third kappa shape index (κ3) is 27.6. The number of carbonyl (C=O) groups is 1. The number of rotatable bonds is 28. The zero-order valence-electron chi connectivity index (χ0n) is 24.4. The molecule has 2 nitrogen and oxygen atoms in total. The first-order valence-electron chi connectivity index (χ1n) is 16.0. The minimum Gasteiger partial charge on any atom is -0.461 e. The van der Waals surface area contributed by atoms with E-state index in [0.717, 1.165) is 0 Å². The Morgan fingerprint density at radius 1 is 0.571 bits per heavy atom. The van der Waals surface area contributed by atoms with Crippen LogP contribution in [-0.4, -0.2) is 12.6 Å². The van der Waals surface area contributed by atoms with Gasteiger partial charge in [-0.1, -0.05) is 167 Å². The molecule has 0 bridgehead atoms. The van der Waals surface area contributed by atoms with Crippen LogP contribution in [-0.2, 0) is 9.53 Å². The van der Waals surface area contributed by atoms with Crippen LogP contribution in [0.25, 0.3) is 0 Å². The SMILES string of the molecule is CC=CCOC(=O)CC(CCCCCCCCCCCC)CCCCCCCCCCCCCC. The van der Waals surface area contributed by atoms with Gasteiger partial charge in [0, 0.05) is 6.42 Å². The maximum atomic E-state index is 12.3. The number of unbranched alkanes of at least 4 members (excludes halogenated alkanes) is 20. The molecule has 208 valence electrons. The lowest BCUT2D eigenvalue weighted by atomic mass is 9.91. The highest BCUT2D eigenvalue weighted by molar-refractivity contribution is 5.69. The Balaban J connectivity index is 3.90. The fraction of sp³-hybridized carbons (Fsp3) is 0.909. The molecular formula is C33H64O2. The first-order valence-corrected chi connectivity index (χ1v) is 16.0.